The van der Waals surface area contributed by atoms with E-state index in [1.54, 1.807) is 12.1 Å². The van der Waals surface area contributed by atoms with Gasteiger partial charge in [0.15, 0.2) is 0 Å². The Labute approximate surface area is 114 Å². The van der Waals surface area contributed by atoms with Gasteiger partial charge in [-0.25, -0.2) is 4.79 Å². The maximum Gasteiger partial charge on any atom is 0.339 e. The van der Waals surface area contributed by atoms with Gasteiger partial charge in [0.2, 0.25) is 0 Å². The largest absolute Gasteiger partial charge is 0.496 e. The normalized spacial score (nSPS) is 14.7. The second-order valence-corrected chi connectivity index (χ2v) is 5.11. The number of nitrogens with zero attached hydrogens (tertiary/aromatic N) is 1. The van der Waals surface area contributed by atoms with Crippen molar-refractivity contribution in [3.05, 3.63) is 29.3 Å². The van der Waals surface area contributed by atoms with Gasteiger partial charge in [-0.15, -0.1) is 0 Å². The van der Waals surface area contributed by atoms with E-state index < -0.39 is 5.97 Å². The van der Waals surface area contributed by atoms with Crippen molar-refractivity contribution in [1.29, 1.82) is 0 Å². The molecule has 2 rings (SSSR count). The molecule has 0 saturated heterocycles. The van der Waals surface area contributed by atoms with Crippen LogP contribution in [0.15, 0.2) is 18.2 Å². The minimum absolute atomic E-state index is 0.238. The van der Waals surface area contributed by atoms with E-state index in [1.807, 2.05) is 6.07 Å². The molecule has 1 aromatic rings. The molecule has 0 aromatic heterocycles. The Morgan fingerprint density at radius 2 is 2.21 bits per heavy atom. The SMILES string of the molecule is CCN(Cc1ccc(OC)c(C(=O)O)c1)CC1CC1. The van der Waals surface area contributed by atoms with Crippen LogP contribution in [-0.2, 0) is 6.54 Å². The quantitative estimate of drug-likeness (QED) is 0.821. The predicted molar refractivity (Wildman–Crippen MR) is 73.6 cm³/mol. The molecule has 4 heteroatoms. The van der Waals surface area contributed by atoms with Crippen LogP contribution in [0.3, 0.4) is 0 Å². The van der Waals surface area contributed by atoms with Gasteiger partial charge in [0.1, 0.15) is 11.3 Å². The summed E-state index contributed by atoms with van der Waals surface area (Å²) in [6, 6.07) is 5.40. The molecule has 1 aliphatic rings. The molecule has 0 spiro atoms. The molecule has 1 fully saturated rings. The second kappa shape index (κ2) is 6.06. The average molecular weight is 263 g/mol. The summed E-state index contributed by atoms with van der Waals surface area (Å²) in [6.07, 6.45) is 2.67. The molecular formula is C15H21NO3. The van der Waals surface area contributed by atoms with Gasteiger partial charge in [-0.2, -0.15) is 0 Å². The third-order valence-corrected chi connectivity index (χ3v) is 3.56. The molecule has 0 bridgehead atoms. The van der Waals surface area contributed by atoms with Crippen LogP contribution in [0.25, 0.3) is 0 Å². The lowest BCUT2D eigenvalue weighted by Gasteiger charge is -2.20. The van der Waals surface area contributed by atoms with Crippen LogP contribution in [0.4, 0.5) is 0 Å². The Morgan fingerprint density at radius 1 is 1.47 bits per heavy atom. The number of rotatable bonds is 7. The Balaban J connectivity index is 2.10. The van der Waals surface area contributed by atoms with Crippen LogP contribution in [0.5, 0.6) is 5.75 Å². The van der Waals surface area contributed by atoms with Crippen molar-refractivity contribution in [2.45, 2.75) is 26.3 Å². The van der Waals surface area contributed by atoms with Gasteiger partial charge in [0, 0.05) is 13.1 Å². The number of carbonyl (C=O) groups is 1. The van der Waals surface area contributed by atoms with E-state index >= 15 is 0 Å². The maximum atomic E-state index is 11.2. The Bertz CT molecular complexity index is 455. The lowest BCUT2D eigenvalue weighted by atomic mass is 10.1. The fraction of sp³-hybridized carbons (Fsp3) is 0.533. The van der Waals surface area contributed by atoms with E-state index in [0.29, 0.717) is 5.75 Å². The second-order valence-electron chi connectivity index (χ2n) is 5.11. The third kappa shape index (κ3) is 3.70. The Hall–Kier alpha value is -1.55. The zero-order valence-corrected chi connectivity index (χ0v) is 11.6. The van der Waals surface area contributed by atoms with E-state index in [0.717, 1.165) is 31.1 Å². The highest BCUT2D eigenvalue weighted by Gasteiger charge is 2.23. The van der Waals surface area contributed by atoms with E-state index in [4.69, 9.17) is 4.74 Å². The zero-order chi connectivity index (χ0) is 13.8. The van der Waals surface area contributed by atoms with Crippen LogP contribution in [0.1, 0.15) is 35.7 Å². The number of carboxylic acid groups (broad SMARTS) is 1. The fourth-order valence-electron chi connectivity index (χ4n) is 2.25. The first-order chi connectivity index (χ1) is 9.13. The van der Waals surface area contributed by atoms with Crippen molar-refractivity contribution in [2.75, 3.05) is 20.2 Å². The molecule has 1 saturated carbocycles. The summed E-state index contributed by atoms with van der Waals surface area (Å²) in [5.41, 5.74) is 1.27. The summed E-state index contributed by atoms with van der Waals surface area (Å²) in [4.78, 5) is 13.5. The molecule has 0 atom stereocenters. The summed E-state index contributed by atoms with van der Waals surface area (Å²) in [5.74, 6) is 0.322. The molecular weight excluding hydrogens is 242 g/mol. The highest BCUT2D eigenvalue weighted by atomic mass is 16.5. The van der Waals surface area contributed by atoms with Gasteiger partial charge < -0.3 is 9.84 Å². The molecule has 0 radical (unpaired) electrons. The number of hydrogen-bond donors (Lipinski definition) is 1. The highest BCUT2D eigenvalue weighted by Crippen LogP contribution is 2.30. The van der Waals surface area contributed by atoms with Gasteiger partial charge in [-0.1, -0.05) is 13.0 Å². The fourth-order valence-corrected chi connectivity index (χ4v) is 2.25. The molecule has 4 nitrogen and oxygen atoms in total. The lowest BCUT2D eigenvalue weighted by Crippen LogP contribution is -2.25. The third-order valence-electron chi connectivity index (χ3n) is 3.56. The van der Waals surface area contributed by atoms with E-state index in [-0.39, 0.29) is 5.56 Å². The first-order valence-electron chi connectivity index (χ1n) is 6.76. The Morgan fingerprint density at radius 3 is 2.74 bits per heavy atom. The predicted octanol–water partition coefficient (Wildman–Crippen LogP) is 2.63. The van der Waals surface area contributed by atoms with Gasteiger partial charge in [-0.05, 0) is 43.0 Å². The molecule has 1 N–H and O–H groups in total. The summed E-state index contributed by atoms with van der Waals surface area (Å²) in [7, 11) is 1.49. The number of methoxy groups -OCH3 is 1. The van der Waals surface area contributed by atoms with Crippen LogP contribution in [-0.4, -0.2) is 36.2 Å². The van der Waals surface area contributed by atoms with E-state index in [1.165, 1.54) is 20.0 Å². The summed E-state index contributed by atoms with van der Waals surface area (Å²) >= 11 is 0. The summed E-state index contributed by atoms with van der Waals surface area (Å²) < 4.78 is 5.07. The van der Waals surface area contributed by atoms with Crippen molar-refractivity contribution in [1.82, 2.24) is 4.90 Å². The summed E-state index contributed by atoms with van der Waals surface area (Å²) in [5, 5.41) is 9.17. The van der Waals surface area contributed by atoms with Crippen LogP contribution in [0.2, 0.25) is 0 Å². The minimum atomic E-state index is -0.941. The first kappa shape index (κ1) is 13.9. The highest BCUT2D eigenvalue weighted by molar-refractivity contribution is 5.91. The molecule has 0 amide bonds. The van der Waals surface area contributed by atoms with Crippen LogP contribution < -0.4 is 4.74 Å². The monoisotopic (exact) mass is 263 g/mol. The topological polar surface area (TPSA) is 49.8 Å². The molecule has 19 heavy (non-hydrogen) atoms. The van der Waals surface area contributed by atoms with Crippen molar-refractivity contribution in [3.8, 4) is 5.75 Å². The smallest absolute Gasteiger partial charge is 0.339 e. The molecule has 104 valence electrons. The van der Waals surface area contributed by atoms with Gasteiger partial charge >= 0.3 is 5.97 Å². The van der Waals surface area contributed by atoms with Crippen molar-refractivity contribution < 1.29 is 14.6 Å². The molecule has 0 heterocycles. The molecule has 1 aliphatic carbocycles. The lowest BCUT2D eigenvalue weighted by molar-refractivity contribution is 0.0693. The van der Waals surface area contributed by atoms with Crippen LogP contribution in [0, 0.1) is 5.92 Å². The first-order valence-corrected chi connectivity index (χ1v) is 6.76. The zero-order valence-electron chi connectivity index (χ0n) is 11.6. The van der Waals surface area contributed by atoms with E-state index in [2.05, 4.69) is 11.8 Å². The van der Waals surface area contributed by atoms with Crippen LogP contribution >= 0.6 is 0 Å². The van der Waals surface area contributed by atoms with Gasteiger partial charge in [0.05, 0.1) is 7.11 Å². The summed E-state index contributed by atoms with van der Waals surface area (Å²) in [6.45, 7) is 5.05. The number of carboxylic acids is 1. The van der Waals surface area contributed by atoms with Gasteiger partial charge in [-0.3, -0.25) is 4.90 Å². The van der Waals surface area contributed by atoms with Gasteiger partial charge in [0.25, 0.3) is 0 Å². The average Bonchev–Trinajstić information content (AvgIpc) is 3.21. The number of hydrogen-bond acceptors (Lipinski definition) is 3. The molecule has 1 aromatic carbocycles. The Kier molecular flexibility index (Phi) is 4.43. The maximum absolute atomic E-state index is 11.2. The van der Waals surface area contributed by atoms with E-state index in [9.17, 15) is 9.90 Å². The molecule has 0 aliphatic heterocycles. The number of benzene rings is 1. The van der Waals surface area contributed by atoms with Crippen molar-refractivity contribution in [2.24, 2.45) is 5.92 Å². The number of ether oxygens (including phenoxy) is 1. The standard InChI is InChI=1S/C15H21NO3/c1-3-16(9-11-4-5-11)10-12-6-7-14(19-2)13(8-12)15(17)18/h6-8,11H,3-5,9-10H2,1-2H3,(H,17,18). The molecule has 0 unspecified atom stereocenters. The number of aromatic carboxylic acids is 1. The van der Waals surface area contributed by atoms with Crippen molar-refractivity contribution in [3.63, 3.8) is 0 Å². The minimum Gasteiger partial charge on any atom is -0.496 e. The van der Waals surface area contributed by atoms with Crippen molar-refractivity contribution >= 4 is 5.97 Å².